The van der Waals surface area contributed by atoms with Gasteiger partial charge in [-0.05, 0) is 36.2 Å². The molecule has 3 heterocycles. The number of carbonyl (C=O) groups excluding carboxylic acids is 1. The molecule has 4 aromatic rings. The molecule has 1 N–H and O–H groups in total. The lowest BCUT2D eigenvalue weighted by molar-refractivity contribution is -0.113. The molecule has 7 nitrogen and oxygen atoms in total. The van der Waals surface area contributed by atoms with Crippen LogP contribution >= 0.6 is 11.8 Å². The van der Waals surface area contributed by atoms with Crippen LogP contribution in [0.25, 0.3) is 5.95 Å². The molecule has 0 saturated carbocycles. The third-order valence-electron chi connectivity index (χ3n) is 5.16. The van der Waals surface area contributed by atoms with Gasteiger partial charge in [0.2, 0.25) is 5.91 Å². The van der Waals surface area contributed by atoms with E-state index < -0.39 is 0 Å². The molecule has 32 heavy (non-hydrogen) atoms. The van der Waals surface area contributed by atoms with E-state index in [-0.39, 0.29) is 11.2 Å². The second-order valence-corrected chi connectivity index (χ2v) is 8.49. The van der Waals surface area contributed by atoms with E-state index in [9.17, 15) is 4.79 Å². The van der Waals surface area contributed by atoms with Crippen LogP contribution in [0, 0.1) is 6.92 Å². The molecule has 1 aliphatic rings. The first-order valence-corrected chi connectivity index (χ1v) is 11.3. The number of aromatic nitrogens is 4. The van der Waals surface area contributed by atoms with Gasteiger partial charge >= 0.3 is 0 Å². The van der Waals surface area contributed by atoms with Crippen molar-refractivity contribution in [2.75, 3.05) is 11.1 Å². The zero-order chi connectivity index (χ0) is 21.9. The molecule has 1 atom stereocenters. The Morgan fingerprint density at radius 2 is 1.91 bits per heavy atom. The van der Waals surface area contributed by atoms with Gasteiger partial charge in [-0.15, -0.1) is 11.8 Å². The van der Waals surface area contributed by atoms with Crippen molar-refractivity contribution in [1.82, 2.24) is 19.7 Å². The first-order valence-electron chi connectivity index (χ1n) is 10.2. The third-order valence-corrected chi connectivity index (χ3v) is 6.43. The molecule has 5 rings (SSSR count). The number of nitrogens with one attached hydrogen (secondary N) is 1. The van der Waals surface area contributed by atoms with Crippen LogP contribution in [0.4, 0.5) is 5.82 Å². The van der Waals surface area contributed by atoms with E-state index in [2.05, 4.69) is 26.4 Å². The summed E-state index contributed by atoms with van der Waals surface area (Å²) in [7, 11) is 0. The van der Waals surface area contributed by atoms with Gasteiger partial charge in [0.15, 0.2) is 0 Å². The highest BCUT2D eigenvalue weighted by molar-refractivity contribution is 8.00. The number of anilines is 1. The Hall–Kier alpha value is -3.65. The fourth-order valence-corrected chi connectivity index (χ4v) is 4.88. The molecule has 0 saturated heterocycles. The second kappa shape index (κ2) is 8.84. The molecule has 0 unspecified atom stereocenters. The molecule has 0 spiro atoms. The highest BCUT2D eigenvalue weighted by Gasteiger charge is 2.31. The lowest BCUT2D eigenvalue weighted by Crippen LogP contribution is -2.16. The maximum atomic E-state index is 12.5. The summed E-state index contributed by atoms with van der Waals surface area (Å²) in [5.41, 5.74) is 3.94. The predicted octanol–water partition coefficient (Wildman–Crippen LogP) is 4.32. The van der Waals surface area contributed by atoms with Crippen LogP contribution in [0.5, 0.6) is 5.75 Å². The average Bonchev–Trinajstić information content (AvgIpc) is 3.04. The number of hydrogen-bond donors (Lipinski definition) is 1. The van der Waals surface area contributed by atoms with E-state index in [1.165, 1.54) is 0 Å². The van der Waals surface area contributed by atoms with Gasteiger partial charge in [0.1, 0.15) is 18.2 Å². The van der Waals surface area contributed by atoms with Crippen molar-refractivity contribution in [3.05, 3.63) is 95.4 Å². The smallest absolute Gasteiger partial charge is 0.252 e. The van der Waals surface area contributed by atoms with Gasteiger partial charge in [-0.1, -0.05) is 42.5 Å². The Balaban J connectivity index is 1.50. The monoisotopic (exact) mass is 443 g/mol. The molecule has 1 amide bonds. The lowest BCUT2D eigenvalue weighted by Gasteiger charge is -2.16. The Kier molecular flexibility index (Phi) is 5.60. The molecule has 0 aliphatic carbocycles. The maximum Gasteiger partial charge on any atom is 0.252 e. The summed E-state index contributed by atoms with van der Waals surface area (Å²) in [6, 6.07) is 19.8. The number of ether oxygens (including phenoxy) is 1. The van der Waals surface area contributed by atoms with E-state index in [0.717, 1.165) is 28.1 Å². The number of nitrogens with zero attached hydrogens (tertiary/aromatic N) is 4. The van der Waals surface area contributed by atoms with Gasteiger partial charge in [-0.25, -0.2) is 9.97 Å². The summed E-state index contributed by atoms with van der Waals surface area (Å²) >= 11 is 1.57. The number of carbonyl (C=O) groups is 1. The quantitative estimate of drug-likeness (QED) is 0.495. The standard InChI is InChI=1S/C24H21N5O2S/c1-16-21-22(18-9-5-10-19(13-18)31-14-17-7-3-2-4-8-17)32-15-20(30)27-23(21)29(28-16)24-25-11-6-12-26-24/h2-13,22H,14-15H2,1H3,(H,27,30)/t22-/m0/s1. The van der Waals surface area contributed by atoms with Crippen LogP contribution in [0.2, 0.25) is 0 Å². The van der Waals surface area contributed by atoms with Gasteiger partial charge in [-0.2, -0.15) is 9.78 Å². The van der Waals surface area contributed by atoms with Crippen LogP contribution in [0.15, 0.2) is 73.1 Å². The van der Waals surface area contributed by atoms with E-state index in [1.807, 2.05) is 55.5 Å². The minimum Gasteiger partial charge on any atom is -0.489 e. The van der Waals surface area contributed by atoms with Gasteiger partial charge < -0.3 is 10.1 Å². The number of thioether (sulfide) groups is 1. The number of amides is 1. The topological polar surface area (TPSA) is 81.9 Å². The van der Waals surface area contributed by atoms with Crippen molar-refractivity contribution in [2.45, 2.75) is 18.8 Å². The number of rotatable bonds is 5. The molecule has 2 aromatic heterocycles. The largest absolute Gasteiger partial charge is 0.489 e. The zero-order valence-corrected chi connectivity index (χ0v) is 18.2. The van der Waals surface area contributed by atoms with Crippen molar-refractivity contribution in [1.29, 1.82) is 0 Å². The molecule has 2 aromatic carbocycles. The van der Waals surface area contributed by atoms with E-state index in [1.54, 1.807) is 34.9 Å². The fraction of sp³-hybridized carbons (Fsp3) is 0.167. The van der Waals surface area contributed by atoms with Gasteiger partial charge in [0, 0.05) is 18.0 Å². The van der Waals surface area contributed by atoms with Gasteiger partial charge in [-0.3, -0.25) is 4.79 Å². The van der Waals surface area contributed by atoms with Gasteiger partial charge in [0.05, 0.1) is 16.7 Å². The Labute approximate surface area is 189 Å². The van der Waals surface area contributed by atoms with Crippen molar-refractivity contribution < 1.29 is 9.53 Å². The molecule has 8 heteroatoms. The van der Waals surface area contributed by atoms with E-state index in [4.69, 9.17) is 4.74 Å². The molecular formula is C24H21N5O2S. The molecule has 0 bridgehead atoms. The summed E-state index contributed by atoms with van der Waals surface area (Å²) < 4.78 is 7.64. The lowest BCUT2D eigenvalue weighted by atomic mass is 10.0. The highest BCUT2D eigenvalue weighted by Crippen LogP contribution is 2.44. The zero-order valence-electron chi connectivity index (χ0n) is 17.4. The summed E-state index contributed by atoms with van der Waals surface area (Å²) in [4.78, 5) is 21.1. The minimum absolute atomic E-state index is 0.0766. The molecular weight excluding hydrogens is 422 g/mol. The van der Waals surface area contributed by atoms with Crippen molar-refractivity contribution in [3.63, 3.8) is 0 Å². The summed E-state index contributed by atoms with van der Waals surface area (Å²) in [6.45, 7) is 2.44. The highest BCUT2D eigenvalue weighted by atomic mass is 32.2. The minimum atomic E-state index is -0.0818. The Morgan fingerprint density at radius 1 is 1.09 bits per heavy atom. The molecule has 160 valence electrons. The van der Waals surface area contributed by atoms with Crippen LogP contribution in [-0.2, 0) is 11.4 Å². The average molecular weight is 444 g/mol. The van der Waals surface area contributed by atoms with Crippen molar-refractivity contribution >= 4 is 23.5 Å². The van der Waals surface area contributed by atoms with Crippen LogP contribution in [0.1, 0.15) is 27.6 Å². The molecule has 0 fully saturated rings. The fourth-order valence-electron chi connectivity index (χ4n) is 3.70. The van der Waals surface area contributed by atoms with E-state index >= 15 is 0 Å². The maximum absolute atomic E-state index is 12.5. The normalized spacial score (nSPS) is 15.5. The van der Waals surface area contributed by atoms with Crippen LogP contribution in [-0.4, -0.2) is 31.4 Å². The number of aryl methyl sites for hydroxylation is 1. The first-order chi connectivity index (χ1) is 15.7. The van der Waals surface area contributed by atoms with Gasteiger partial charge in [0.25, 0.3) is 5.95 Å². The summed E-state index contributed by atoms with van der Waals surface area (Å²) in [5, 5.41) is 7.56. The van der Waals surface area contributed by atoms with Crippen LogP contribution < -0.4 is 10.1 Å². The Bertz CT molecular complexity index is 1240. The van der Waals surface area contributed by atoms with Crippen molar-refractivity contribution in [2.24, 2.45) is 0 Å². The number of fused-ring (bicyclic) bond motifs is 1. The van der Waals surface area contributed by atoms with Crippen molar-refractivity contribution in [3.8, 4) is 11.7 Å². The summed E-state index contributed by atoms with van der Waals surface area (Å²) in [6.07, 6.45) is 3.31. The molecule has 1 aliphatic heterocycles. The second-order valence-electron chi connectivity index (χ2n) is 7.39. The number of benzene rings is 2. The SMILES string of the molecule is Cc1nn(-c2ncccn2)c2c1[C@H](c1cccc(OCc3ccccc3)c1)SCC(=O)N2. The third kappa shape index (κ3) is 4.09. The first kappa shape index (κ1) is 20.3. The molecule has 0 radical (unpaired) electrons. The summed E-state index contributed by atoms with van der Waals surface area (Å²) in [5.74, 6) is 2.08. The Morgan fingerprint density at radius 3 is 2.72 bits per heavy atom. The predicted molar refractivity (Wildman–Crippen MR) is 124 cm³/mol. The van der Waals surface area contributed by atoms with Crippen LogP contribution in [0.3, 0.4) is 0 Å². The van der Waals surface area contributed by atoms with E-state index in [0.29, 0.717) is 24.1 Å². The number of hydrogen-bond acceptors (Lipinski definition) is 6.